The first-order valence-corrected chi connectivity index (χ1v) is 8.14. The van der Waals surface area contributed by atoms with Crippen LogP contribution in [0.15, 0.2) is 54.6 Å². The fraction of sp³-hybridized carbons (Fsp3) is 0.190. The summed E-state index contributed by atoms with van der Waals surface area (Å²) in [5, 5.41) is 2.51. The fourth-order valence-corrected chi connectivity index (χ4v) is 3.52. The molecule has 2 heteroatoms. The minimum absolute atomic E-state index is 0.924. The maximum atomic E-state index is 5.00. The highest BCUT2D eigenvalue weighted by molar-refractivity contribution is 6.07. The average molecular weight is 300 g/mol. The largest absolute Gasteiger partial charge is 0.326 e. The van der Waals surface area contributed by atoms with Gasteiger partial charge in [-0.3, -0.25) is 0 Å². The Morgan fingerprint density at radius 2 is 1.61 bits per heavy atom. The molecule has 0 saturated heterocycles. The van der Waals surface area contributed by atoms with Gasteiger partial charge in [0.05, 0.1) is 11.2 Å². The van der Waals surface area contributed by atoms with Crippen LogP contribution in [0.2, 0.25) is 0 Å². The van der Waals surface area contributed by atoms with Gasteiger partial charge in [-0.15, -0.1) is 0 Å². The third-order valence-electron chi connectivity index (χ3n) is 4.45. The minimum Gasteiger partial charge on any atom is -0.326 e. The molecular weight excluding hydrogens is 280 g/mol. The molecule has 4 rings (SSSR count). The smallest absolute Gasteiger partial charge is 0.141 e. The summed E-state index contributed by atoms with van der Waals surface area (Å²) in [6.45, 7) is 7.38. The van der Waals surface area contributed by atoms with Gasteiger partial charge >= 0.3 is 0 Å². The van der Waals surface area contributed by atoms with Crippen molar-refractivity contribution >= 4 is 21.9 Å². The first kappa shape index (κ1) is 14.0. The molecule has 23 heavy (non-hydrogen) atoms. The third kappa shape index (κ3) is 2.22. The molecule has 0 bridgehead atoms. The van der Waals surface area contributed by atoms with Crippen LogP contribution in [0.4, 0.5) is 0 Å². The SMILES string of the molecule is CCn1c2ccccc2c2ccc(-c3cc(C)cc(C)c3)nc21. The van der Waals surface area contributed by atoms with Gasteiger partial charge in [0, 0.05) is 22.9 Å². The van der Waals surface area contributed by atoms with E-state index in [2.05, 4.69) is 79.9 Å². The van der Waals surface area contributed by atoms with Crippen LogP contribution in [0.3, 0.4) is 0 Å². The van der Waals surface area contributed by atoms with Gasteiger partial charge < -0.3 is 4.57 Å². The van der Waals surface area contributed by atoms with Crippen LogP contribution < -0.4 is 0 Å². The van der Waals surface area contributed by atoms with E-state index in [1.807, 2.05) is 0 Å². The zero-order valence-electron chi connectivity index (χ0n) is 13.8. The maximum Gasteiger partial charge on any atom is 0.141 e. The van der Waals surface area contributed by atoms with Crippen LogP contribution in [0.1, 0.15) is 18.1 Å². The Kier molecular flexibility index (Phi) is 3.19. The number of nitrogens with zero attached hydrogens (tertiary/aromatic N) is 2. The summed E-state index contributed by atoms with van der Waals surface area (Å²) in [6.07, 6.45) is 0. The molecule has 0 fully saturated rings. The van der Waals surface area contributed by atoms with E-state index in [-0.39, 0.29) is 0 Å². The lowest BCUT2D eigenvalue weighted by molar-refractivity contribution is 0.817. The summed E-state index contributed by atoms with van der Waals surface area (Å²) in [5.41, 5.74) is 7.12. The first-order chi connectivity index (χ1) is 11.2. The average Bonchev–Trinajstić information content (AvgIpc) is 2.87. The lowest BCUT2D eigenvalue weighted by Gasteiger charge is -2.07. The second-order valence-electron chi connectivity index (χ2n) is 6.21. The van der Waals surface area contributed by atoms with Crippen LogP contribution in [-0.2, 0) is 6.54 Å². The molecule has 4 aromatic rings. The summed E-state index contributed by atoms with van der Waals surface area (Å²) >= 11 is 0. The predicted molar refractivity (Wildman–Crippen MR) is 97.8 cm³/mol. The second-order valence-corrected chi connectivity index (χ2v) is 6.21. The molecule has 0 atom stereocenters. The highest BCUT2D eigenvalue weighted by atomic mass is 15.0. The third-order valence-corrected chi connectivity index (χ3v) is 4.45. The Labute approximate surface area is 136 Å². The Morgan fingerprint density at radius 1 is 0.870 bits per heavy atom. The Balaban J connectivity index is 2.02. The van der Waals surface area contributed by atoms with E-state index in [9.17, 15) is 0 Å². The molecule has 2 heterocycles. The number of hydrogen-bond donors (Lipinski definition) is 0. The van der Waals surface area contributed by atoms with Crippen molar-refractivity contribution in [1.29, 1.82) is 0 Å². The molecule has 2 aromatic carbocycles. The molecule has 2 nitrogen and oxygen atoms in total. The molecular formula is C21H20N2. The Morgan fingerprint density at radius 3 is 2.35 bits per heavy atom. The highest BCUT2D eigenvalue weighted by Crippen LogP contribution is 2.30. The lowest BCUT2D eigenvalue weighted by atomic mass is 10.0. The van der Waals surface area contributed by atoms with Gasteiger partial charge in [-0.05, 0) is 51.1 Å². The van der Waals surface area contributed by atoms with Gasteiger partial charge in [-0.2, -0.15) is 0 Å². The van der Waals surface area contributed by atoms with Gasteiger partial charge in [0.2, 0.25) is 0 Å². The van der Waals surface area contributed by atoms with Gasteiger partial charge in [0.25, 0.3) is 0 Å². The molecule has 0 aliphatic rings. The molecule has 0 unspecified atom stereocenters. The Bertz CT molecular complexity index is 1000. The number of aromatic nitrogens is 2. The number of benzene rings is 2. The molecule has 0 aliphatic heterocycles. The topological polar surface area (TPSA) is 17.8 Å². The van der Waals surface area contributed by atoms with E-state index in [0.29, 0.717) is 0 Å². The van der Waals surface area contributed by atoms with Crippen molar-refractivity contribution in [1.82, 2.24) is 9.55 Å². The van der Waals surface area contributed by atoms with Crippen LogP contribution in [0.5, 0.6) is 0 Å². The monoisotopic (exact) mass is 300 g/mol. The van der Waals surface area contributed by atoms with Crippen molar-refractivity contribution in [3.63, 3.8) is 0 Å². The van der Waals surface area contributed by atoms with Crippen LogP contribution in [0, 0.1) is 13.8 Å². The fourth-order valence-electron chi connectivity index (χ4n) is 3.52. The predicted octanol–water partition coefficient (Wildman–Crippen LogP) is 5.49. The second kappa shape index (κ2) is 5.24. The van der Waals surface area contributed by atoms with Crippen molar-refractivity contribution in [2.75, 3.05) is 0 Å². The van der Waals surface area contributed by atoms with E-state index < -0.39 is 0 Å². The zero-order valence-corrected chi connectivity index (χ0v) is 13.8. The molecule has 0 aliphatic carbocycles. The molecule has 0 spiro atoms. The number of hydrogen-bond acceptors (Lipinski definition) is 1. The molecule has 0 saturated carbocycles. The first-order valence-electron chi connectivity index (χ1n) is 8.14. The van der Waals surface area contributed by atoms with Gasteiger partial charge in [0.1, 0.15) is 5.65 Å². The van der Waals surface area contributed by atoms with Crippen molar-refractivity contribution in [3.8, 4) is 11.3 Å². The molecule has 0 amide bonds. The van der Waals surface area contributed by atoms with Gasteiger partial charge in [-0.25, -0.2) is 4.98 Å². The standard InChI is InChI=1S/C21H20N2/c1-4-23-20-8-6-5-7-17(20)18-9-10-19(22-21(18)23)16-12-14(2)11-15(3)13-16/h5-13H,4H2,1-3H3. The van der Waals surface area contributed by atoms with Gasteiger partial charge in [0.15, 0.2) is 0 Å². The lowest BCUT2D eigenvalue weighted by Crippen LogP contribution is -1.96. The highest BCUT2D eigenvalue weighted by Gasteiger charge is 2.11. The van der Waals surface area contributed by atoms with E-state index in [4.69, 9.17) is 4.98 Å². The minimum atomic E-state index is 0.924. The molecule has 2 aromatic heterocycles. The summed E-state index contributed by atoms with van der Waals surface area (Å²) < 4.78 is 2.30. The van der Waals surface area contributed by atoms with Crippen LogP contribution in [-0.4, -0.2) is 9.55 Å². The quantitative estimate of drug-likeness (QED) is 0.478. The summed E-state index contributed by atoms with van der Waals surface area (Å²) in [7, 11) is 0. The number of pyridine rings is 1. The van der Waals surface area contributed by atoms with E-state index in [1.165, 1.54) is 33.0 Å². The number of fused-ring (bicyclic) bond motifs is 3. The van der Waals surface area contributed by atoms with Crippen LogP contribution in [0.25, 0.3) is 33.2 Å². The molecule has 0 N–H and O–H groups in total. The van der Waals surface area contributed by atoms with Crippen molar-refractivity contribution in [2.24, 2.45) is 0 Å². The van der Waals surface area contributed by atoms with E-state index in [1.54, 1.807) is 0 Å². The number of rotatable bonds is 2. The van der Waals surface area contributed by atoms with Crippen molar-refractivity contribution in [2.45, 2.75) is 27.3 Å². The van der Waals surface area contributed by atoms with E-state index in [0.717, 1.165) is 17.9 Å². The number of aryl methyl sites for hydroxylation is 3. The van der Waals surface area contributed by atoms with Crippen molar-refractivity contribution in [3.05, 3.63) is 65.7 Å². The maximum absolute atomic E-state index is 5.00. The molecule has 0 radical (unpaired) electrons. The summed E-state index contributed by atoms with van der Waals surface area (Å²) in [6, 6.07) is 19.5. The normalized spacial score (nSPS) is 11.4. The summed E-state index contributed by atoms with van der Waals surface area (Å²) in [4.78, 5) is 5.00. The van der Waals surface area contributed by atoms with E-state index >= 15 is 0 Å². The molecule has 114 valence electrons. The number of para-hydroxylation sites is 1. The summed E-state index contributed by atoms with van der Waals surface area (Å²) in [5.74, 6) is 0. The van der Waals surface area contributed by atoms with Gasteiger partial charge in [-0.1, -0.05) is 35.4 Å². The zero-order chi connectivity index (χ0) is 16.0. The van der Waals surface area contributed by atoms with Crippen molar-refractivity contribution < 1.29 is 0 Å². The Hall–Kier alpha value is -2.61. The van der Waals surface area contributed by atoms with Crippen LogP contribution >= 0.6 is 0 Å².